The second kappa shape index (κ2) is 5.48. The molecule has 2 rings (SSSR count). The van der Waals surface area contributed by atoms with Crippen molar-refractivity contribution in [3.63, 3.8) is 0 Å². The zero-order valence-corrected chi connectivity index (χ0v) is 10.4. The highest BCUT2D eigenvalue weighted by atomic mass is 15.0. The Morgan fingerprint density at radius 3 is 3.06 bits per heavy atom. The van der Waals surface area contributed by atoms with E-state index in [1.807, 2.05) is 12.5 Å². The van der Waals surface area contributed by atoms with E-state index in [4.69, 9.17) is 0 Å². The number of hydrogen-bond acceptors (Lipinski definition) is 2. The fourth-order valence-electron chi connectivity index (χ4n) is 2.65. The summed E-state index contributed by atoms with van der Waals surface area (Å²) in [6, 6.07) is 0.716. The van der Waals surface area contributed by atoms with Gasteiger partial charge in [0.15, 0.2) is 0 Å². The number of imidazole rings is 1. The Labute approximate surface area is 98.3 Å². The molecule has 1 aromatic rings. The first-order valence-corrected chi connectivity index (χ1v) is 6.48. The van der Waals surface area contributed by atoms with Crippen molar-refractivity contribution in [2.75, 3.05) is 0 Å². The lowest BCUT2D eigenvalue weighted by molar-refractivity contribution is 0.277. The van der Waals surface area contributed by atoms with E-state index in [1.54, 1.807) is 0 Å². The van der Waals surface area contributed by atoms with Gasteiger partial charge >= 0.3 is 0 Å². The first kappa shape index (κ1) is 11.6. The van der Waals surface area contributed by atoms with Crippen LogP contribution in [0.15, 0.2) is 12.5 Å². The zero-order valence-electron chi connectivity index (χ0n) is 10.4. The van der Waals surface area contributed by atoms with Crippen LogP contribution in [0.5, 0.6) is 0 Å². The normalized spacial score (nSPS) is 25.9. The van der Waals surface area contributed by atoms with Crippen molar-refractivity contribution in [2.24, 2.45) is 13.0 Å². The molecule has 1 N–H and O–H groups in total. The van der Waals surface area contributed by atoms with Gasteiger partial charge in [0.25, 0.3) is 0 Å². The average molecular weight is 221 g/mol. The van der Waals surface area contributed by atoms with Gasteiger partial charge in [0.2, 0.25) is 0 Å². The first-order valence-electron chi connectivity index (χ1n) is 6.48. The van der Waals surface area contributed by atoms with Gasteiger partial charge in [0.05, 0.1) is 12.0 Å². The maximum Gasteiger partial charge on any atom is 0.0945 e. The predicted molar refractivity (Wildman–Crippen MR) is 66.1 cm³/mol. The molecule has 2 unspecified atom stereocenters. The molecule has 2 atom stereocenters. The van der Waals surface area contributed by atoms with Crippen molar-refractivity contribution >= 4 is 0 Å². The fraction of sp³-hybridized carbons (Fsp3) is 0.769. The molecule has 1 aromatic heterocycles. The molecule has 1 saturated carbocycles. The number of aromatic nitrogens is 2. The van der Waals surface area contributed by atoms with Crippen molar-refractivity contribution in [3.05, 3.63) is 18.2 Å². The largest absolute Gasteiger partial charge is 0.337 e. The van der Waals surface area contributed by atoms with E-state index < -0.39 is 0 Å². The van der Waals surface area contributed by atoms with E-state index in [9.17, 15) is 0 Å². The van der Waals surface area contributed by atoms with Crippen LogP contribution in [0.1, 0.15) is 44.7 Å². The Balaban J connectivity index is 1.79. The SMILES string of the molecule is CCC1CCCC(NCc2cncn2C)C1. The van der Waals surface area contributed by atoms with E-state index in [2.05, 4.69) is 28.8 Å². The van der Waals surface area contributed by atoms with Crippen LogP contribution in [0.3, 0.4) is 0 Å². The van der Waals surface area contributed by atoms with Crippen LogP contribution < -0.4 is 5.32 Å². The summed E-state index contributed by atoms with van der Waals surface area (Å²) >= 11 is 0. The van der Waals surface area contributed by atoms with Gasteiger partial charge in [-0.25, -0.2) is 4.98 Å². The van der Waals surface area contributed by atoms with Crippen LogP contribution in [-0.4, -0.2) is 15.6 Å². The minimum absolute atomic E-state index is 0.716. The first-order chi connectivity index (χ1) is 7.79. The lowest BCUT2D eigenvalue weighted by atomic mass is 9.84. The molecule has 3 heteroatoms. The third kappa shape index (κ3) is 2.85. The molecule has 1 aliphatic rings. The van der Waals surface area contributed by atoms with Crippen molar-refractivity contribution in [1.82, 2.24) is 14.9 Å². The molecule has 0 radical (unpaired) electrons. The summed E-state index contributed by atoms with van der Waals surface area (Å²) in [6.45, 7) is 3.27. The molecular weight excluding hydrogens is 198 g/mol. The molecule has 0 bridgehead atoms. The van der Waals surface area contributed by atoms with Crippen molar-refractivity contribution in [1.29, 1.82) is 0 Å². The van der Waals surface area contributed by atoms with Gasteiger partial charge < -0.3 is 9.88 Å². The van der Waals surface area contributed by atoms with Gasteiger partial charge in [0.1, 0.15) is 0 Å². The van der Waals surface area contributed by atoms with Crippen LogP contribution in [0.4, 0.5) is 0 Å². The minimum atomic E-state index is 0.716. The van der Waals surface area contributed by atoms with Crippen LogP contribution >= 0.6 is 0 Å². The van der Waals surface area contributed by atoms with Crippen LogP contribution in [-0.2, 0) is 13.6 Å². The van der Waals surface area contributed by atoms with Gasteiger partial charge in [-0.2, -0.15) is 0 Å². The Morgan fingerprint density at radius 1 is 1.50 bits per heavy atom. The topological polar surface area (TPSA) is 29.9 Å². The number of hydrogen-bond donors (Lipinski definition) is 1. The van der Waals surface area contributed by atoms with Crippen LogP contribution in [0.25, 0.3) is 0 Å². The lowest BCUT2D eigenvalue weighted by Gasteiger charge is -2.29. The van der Waals surface area contributed by atoms with Crippen LogP contribution in [0.2, 0.25) is 0 Å². The number of aryl methyl sites for hydroxylation is 1. The van der Waals surface area contributed by atoms with Crippen LogP contribution in [0, 0.1) is 5.92 Å². The summed E-state index contributed by atoms with van der Waals surface area (Å²) in [5.41, 5.74) is 1.28. The summed E-state index contributed by atoms with van der Waals surface area (Å²) in [6.07, 6.45) is 10.7. The van der Waals surface area contributed by atoms with Crippen molar-refractivity contribution in [3.8, 4) is 0 Å². The fourth-order valence-corrected chi connectivity index (χ4v) is 2.65. The molecule has 1 fully saturated rings. The van der Waals surface area contributed by atoms with E-state index in [0.717, 1.165) is 12.5 Å². The molecule has 16 heavy (non-hydrogen) atoms. The molecule has 1 aliphatic carbocycles. The Kier molecular flexibility index (Phi) is 3.99. The molecule has 0 saturated heterocycles. The number of rotatable bonds is 4. The Morgan fingerprint density at radius 2 is 2.38 bits per heavy atom. The molecule has 0 amide bonds. The molecule has 0 spiro atoms. The van der Waals surface area contributed by atoms with E-state index in [1.165, 1.54) is 37.8 Å². The Bertz CT molecular complexity index is 319. The molecule has 0 aliphatic heterocycles. The van der Waals surface area contributed by atoms with E-state index in [-0.39, 0.29) is 0 Å². The molecule has 0 aromatic carbocycles. The summed E-state index contributed by atoms with van der Waals surface area (Å²) in [5.74, 6) is 0.942. The number of nitrogens with zero attached hydrogens (tertiary/aromatic N) is 2. The summed E-state index contributed by atoms with van der Waals surface area (Å²) in [7, 11) is 2.06. The smallest absolute Gasteiger partial charge is 0.0945 e. The summed E-state index contributed by atoms with van der Waals surface area (Å²) in [5, 5.41) is 3.67. The maximum atomic E-state index is 4.14. The van der Waals surface area contributed by atoms with Crippen molar-refractivity contribution in [2.45, 2.75) is 51.6 Å². The highest BCUT2D eigenvalue weighted by molar-refractivity contribution is 4.97. The predicted octanol–water partition coefficient (Wildman–Crippen LogP) is 2.48. The molecule has 3 nitrogen and oxygen atoms in total. The van der Waals surface area contributed by atoms with Crippen molar-refractivity contribution < 1.29 is 0 Å². The highest BCUT2D eigenvalue weighted by Gasteiger charge is 2.20. The van der Waals surface area contributed by atoms with Gasteiger partial charge in [-0.05, 0) is 18.8 Å². The summed E-state index contributed by atoms with van der Waals surface area (Å²) in [4.78, 5) is 4.14. The summed E-state index contributed by atoms with van der Waals surface area (Å²) < 4.78 is 2.09. The minimum Gasteiger partial charge on any atom is -0.337 e. The Hall–Kier alpha value is -0.830. The zero-order chi connectivity index (χ0) is 11.4. The standard InChI is InChI=1S/C13H23N3/c1-3-11-5-4-6-12(7-11)15-9-13-8-14-10-16(13)2/h8,10-12,15H,3-7,9H2,1-2H3. The quantitative estimate of drug-likeness (QED) is 0.846. The third-order valence-corrected chi connectivity index (χ3v) is 3.85. The van der Waals surface area contributed by atoms with Gasteiger partial charge in [-0.3, -0.25) is 0 Å². The monoisotopic (exact) mass is 221 g/mol. The van der Waals surface area contributed by atoms with Gasteiger partial charge in [-0.1, -0.05) is 26.2 Å². The third-order valence-electron chi connectivity index (χ3n) is 3.85. The second-order valence-corrected chi connectivity index (χ2v) is 5.01. The maximum absolute atomic E-state index is 4.14. The molecular formula is C13H23N3. The number of nitrogens with one attached hydrogen (secondary N) is 1. The molecule has 1 heterocycles. The second-order valence-electron chi connectivity index (χ2n) is 5.01. The van der Waals surface area contributed by atoms with E-state index in [0.29, 0.717) is 6.04 Å². The average Bonchev–Trinajstić information content (AvgIpc) is 2.72. The van der Waals surface area contributed by atoms with E-state index >= 15 is 0 Å². The van der Waals surface area contributed by atoms with Gasteiger partial charge in [-0.15, -0.1) is 0 Å². The lowest BCUT2D eigenvalue weighted by Crippen LogP contribution is -2.34. The molecule has 90 valence electrons. The van der Waals surface area contributed by atoms with Gasteiger partial charge in [0, 0.05) is 25.8 Å². The highest BCUT2D eigenvalue weighted by Crippen LogP contribution is 2.26.